The summed E-state index contributed by atoms with van der Waals surface area (Å²) in [7, 11) is 0. The van der Waals surface area contributed by atoms with Gasteiger partial charge in [0.2, 0.25) is 0 Å². The molecule has 0 radical (unpaired) electrons. The molecule has 0 fully saturated rings. The average Bonchev–Trinajstić information content (AvgIpc) is 2.17. The number of nitrogens with zero attached hydrogens (tertiary/aromatic N) is 2. The Morgan fingerprint density at radius 2 is 2.27 bits per heavy atom. The third-order valence-corrected chi connectivity index (χ3v) is 1.62. The molecule has 0 aliphatic carbocycles. The van der Waals surface area contributed by atoms with E-state index in [4.69, 9.17) is 16.1 Å². The van der Waals surface area contributed by atoms with Crippen molar-refractivity contribution in [1.82, 2.24) is 4.98 Å². The lowest BCUT2D eigenvalue weighted by Gasteiger charge is -2.05. The van der Waals surface area contributed by atoms with Gasteiger partial charge in [-0.1, -0.05) is 0 Å². The molecule has 1 amide bonds. The van der Waals surface area contributed by atoms with Crippen LogP contribution in [0.3, 0.4) is 0 Å². The van der Waals surface area contributed by atoms with E-state index in [1.54, 1.807) is 0 Å². The van der Waals surface area contributed by atoms with Crippen molar-refractivity contribution in [2.45, 2.75) is 6.43 Å². The number of hydrogen-bond donors (Lipinski definition) is 2. The highest BCUT2D eigenvalue weighted by Crippen LogP contribution is 2.30. The second-order valence-electron chi connectivity index (χ2n) is 2.57. The quantitative estimate of drug-likeness (QED) is 0.754. The molecule has 0 unspecified atom stereocenters. The van der Waals surface area contributed by atoms with Crippen molar-refractivity contribution in [3.63, 3.8) is 0 Å². The van der Waals surface area contributed by atoms with Crippen LogP contribution in [0.15, 0.2) is 6.07 Å². The summed E-state index contributed by atoms with van der Waals surface area (Å²) in [6, 6.07) is 2.04. The highest BCUT2D eigenvalue weighted by atomic mass is 19.3. The van der Waals surface area contributed by atoms with Gasteiger partial charge in [-0.3, -0.25) is 4.79 Å². The second-order valence-corrected chi connectivity index (χ2v) is 2.57. The first-order chi connectivity index (χ1) is 6.97. The molecule has 3 N–H and O–H groups in total. The highest BCUT2D eigenvalue weighted by Gasteiger charge is 2.20. The van der Waals surface area contributed by atoms with Gasteiger partial charge in [0.15, 0.2) is 11.4 Å². The smallest absolute Gasteiger partial charge is 0.267 e. The Hall–Kier alpha value is -2.23. The number of nitrogens with two attached hydrogens (primary N) is 1. The Kier molecular flexibility index (Phi) is 2.80. The van der Waals surface area contributed by atoms with E-state index in [1.165, 1.54) is 6.07 Å². The fourth-order valence-corrected chi connectivity index (χ4v) is 0.929. The molecule has 0 spiro atoms. The highest BCUT2D eigenvalue weighted by molar-refractivity contribution is 5.91. The van der Waals surface area contributed by atoms with E-state index >= 15 is 0 Å². The van der Waals surface area contributed by atoms with E-state index in [0.29, 0.717) is 6.07 Å². The molecule has 5 nitrogen and oxygen atoms in total. The van der Waals surface area contributed by atoms with Gasteiger partial charge >= 0.3 is 0 Å². The number of hydrogen-bond acceptors (Lipinski definition) is 4. The molecular weight excluding hydrogens is 208 g/mol. The van der Waals surface area contributed by atoms with Crippen LogP contribution < -0.4 is 5.73 Å². The average molecular weight is 213 g/mol. The molecule has 15 heavy (non-hydrogen) atoms. The lowest BCUT2D eigenvalue weighted by Crippen LogP contribution is -2.14. The van der Waals surface area contributed by atoms with Gasteiger partial charge < -0.3 is 10.8 Å². The van der Waals surface area contributed by atoms with Crippen LogP contribution in [0.5, 0.6) is 5.75 Å². The molecule has 7 heteroatoms. The van der Waals surface area contributed by atoms with Crippen LogP contribution >= 0.6 is 0 Å². The lowest BCUT2D eigenvalue weighted by atomic mass is 10.1. The number of alkyl halides is 2. The first kappa shape index (κ1) is 10.8. The predicted molar refractivity (Wildman–Crippen MR) is 44.1 cm³/mol. The van der Waals surface area contributed by atoms with Crippen molar-refractivity contribution in [3.8, 4) is 11.8 Å². The van der Waals surface area contributed by atoms with Crippen molar-refractivity contribution < 1.29 is 18.7 Å². The normalized spacial score (nSPS) is 10.0. The number of aromatic hydroxyl groups is 1. The fraction of sp³-hybridized carbons (Fsp3) is 0.125. The maximum Gasteiger partial charge on any atom is 0.267 e. The number of halogens is 2. The van der Waals surface area contributed by atoms with Crippen LogP contribution in [-0.4, -0.2) is 16.0 Å². The number of carbonyl (C=O) groups is 1. The molecular formula is C8H5F2N3O2. The van der Waals surface area contributed by atoms with Crippen molar-refractivity contribution in [2.75, 3.05) is 0 Å². The van der Waals surface area contributed by atoms with Crippen molar-refractivity contribution in [2.24, 2.45) is 5.73 Å². The van der Waals surface area contributed by atoms with Crippen LogP contribution in [0.1, 0.15) is 28.2 Å². The monoisotopic (exact) mass is 213 g/mol. The number of primary amides is 1. The van der Waals surface area contributed by atoms with E-state index < -0.39 is 35.0 Å². The minimum Gasteiger partial charge on any atom is -0.505 e. The minimum atomic E-state index is -3.02. The van der Waals surface area contributed by atoms with E-state index in [0.717, 1.165) is 0 Å². The van der Waals surface area contributed by atoms with E-state index in [2.05, 4.69) is 4.98 Å². The van der Waals surface area contributed by atoms with Crippen LogP contribution in [-0.2, 0) is 0 Å². The van der Waals surface area contributed by atoms with Gasteiger partial charge in [-0.05, 0) is 6.07 Å². The molecule has 0 aliphatic heterocycles. The maximum atomic E-state index is 12.3. The van der Waals surface area contributed by atoms with E-state index in [-0.39, 0.29) is 0 Å². The van der Waals surface area contributed by atoms with Gasteiger partial charge in [0, 0.05) is 0 Å². The van der Waals surface area contributed by atoms with E-state index in [9.17, 15) is 13.6 Å². The zero-order valence-corrected chi connectivity index (χ0v) is 7.24. The minimum absolute atomic E-state index is 0.486. The number of pyridine rings is 1. The Morgan fingerprint density at radius 3 is 2.67 bits per heavy atom. The molecule has 1 aromatic rings. The number of amides is 1. The number of carbonyl (C=O) groups excluding carboxylic acids is 1. The Balaban J connectivity index is 3.47. The largest absolute Gasteiger partial charge is 0.505 e. The summed E-state index contributed by atoms with van der Waals surface area (Å²) in [5.41, 5.74) is 2.84. The fourth-order valence-electron chi connectivity index (χ4n) is 0.929. The van der Waals surface area contributed by atoms with Crippen molar-refractivity contribution in [1.29, 1.82) is 5.26 Å². The summed E-state index contributed by atoms with van der Waals surface area (Å²) >= 11 is 0. The molecule has 0 aliphatic rings. The van der Waals surface area contributed by atoms with Crippen LogP contribution in [0.25, 0.3) is 0 Å². The summed E-state index contributed by atoms with van der Waals surface area (Å²) in [6.45, 7) is 0. The molecule has 0 saturated carbocycles. The Bertz CT molecular complexity index is 454. The second kappa shape index (κ2) is 3.88. The molecule has 0 aromatic carbocycles. The molecule has 1 aromatic heterocycles. The molecule has 78 valence electrons. The SMILES string of the molecule is N#Cc1nc(C(N)=O)cc(C(F)F)c1O. The summed E-state index contributed by atoms with van der Waals surface area (Å²) in [4.78, 5) is 14.0. The van der Waals surface area contributed by atoms with Gasteiger partial charge in [0.05, 0.1) is 5.56 Å². The molecule has 0 bridgehead atoms. The summed E-state index contributed by atoms with van der Waals surface area (Å²) in [6.07, 6.45) is -3.02. The Labute approximate surface area is 82.8 Å². The van der Waals surface area contributed by atoms with E-state index in [1.807, 2.05) is 0 Å². The van der Waals surface area contributed by atoms with Crippen LogP contribution in [0, 0.1) is 11.3 Å². The van der Waals surface area contributed by atoms with Gasteiger partial charge in [0.1, 0.15) is 11.8 Å². The standard InChI is InChI=1S/C8H5F2N3O2/c9-7(10)3-1-4(8(12)15)13-5(2-11)6(3)14/h1,7,14H,(H2,12,15). The van der Waals surface area contributed by atoms with Gasteiger partial charge in [-0.15, -0.1) is 0 Å². The summed E-state index contributed by atoms with van der Waals surface area (Å²) in [5, 5.41) is 17.6. The van der Waals surface area contributed by atoms with Crippen molar-refractivity contribution in [3.05, 3.63) is 23.0 Å². The topological polar surface area (TPSA) is 100 Å². The van der Waals surface area contributed by atoms with Crippen molar-refractivity contribution >= 4 is 5.91 Å². The first-order valence-electron chi connectivity index (χ1n) is 3.69. The van der Waals surface area contributed by atoms with Gasteiger partial charge in [-0.2, -0.15) is 5.26 Å². The lowest BCUT2D eigenvalue weighted by molar-refractivity contribution is 0.0994. The number of nitriles is 1. The van der Waals surface area contributed by atoms with Crippen LogP contribution in [0.2, 0.25) is 0 Å². The zero-order chi connectivity index (χ0) is 11.6. The summed E-state index contributed by atoms with van der Waals surface area (Å²) < 4.78 is 24.7. The Morgan fingerprint density at radius 1 is 1.67 bits per heavy atom. The third-order valence-electron chi connectivity index (χ3n) is 1.62. The molecule has 1 heterocycles. The molecule has 0 saturated heterocycles. The third kappa shape index (κ3) is 1.99. The first-order valence-corrected chi connectivity index (χ1v) is 3.69. The number of aromatic nitrogens is 1. The maximum absolute atomic E-state index is 12.3. The number of rotatable bonds is 2. The summed E-state index contributed by atoms with van der Waals surface area (Å²) in [5.74, 6) is -1.98. The molecule has 1 rings (SSSR count). The molecule has 0 atom stereocenters. The zero-order valence-electron chi connectivity index (χ0n) is 7.24. The van der Waals surface area contributed by atoms with Gasteiger partial charge in [-0.25, -0.2) is 13.8 Å². The van der Waals surface area contributed by atoms with Gasteiger partial charge in [0.25, 0.3) is 12.3 Å². The van der Waals surface area contributed by atoms with Crippen LogP contribution in [0.4, 0.5) is 8.78 Å². The predicted octanol–water partition coefficient (Wildman–Crippen LogP) is 0.695.